The third kappa shape index (κ3) is 5.05. The Morgan fingerprint density at radius 2 is 1.80 bits per heavy atom. The summed E-state index contributed by atoms with van der Waals surface area (Å²) in [6.07, 6.45) is 0. The molecular weight excluding hydrogens is 382 g/mol. The number of benzene rings is 2. The lowest BCUT2D eigenvalue weighted by atomic mass is 10.1. The molecule has 0 bridgehead atoms. The summed E-state index contributed by atoms with van der Waals surface area (Å²) in [6, 6.07) is 16.1. The van der Waals surface area contributed by atoms with E-state index in [4.69, 9.17) is 9.47 Å². The Hall–Kier alpha value is -3.61. The molecule has 0 fully saturated rings. The van der Waals surface area contributed by atoms with Crippen molar-refractivity contribution in [1.29, 1.82) is 0 Å². The predicted molar refractivity (Wildman–Crippen MR) is 116 cm³/mol. The molecule has 7 nitrogen and oxygen atoms in total. The van der Waals surface area contributed by atoms with Crippen LogP contribution in [0.1, 0.15) is 19.4 Å². The lowest BCUT2D eigenvalue weighted by Crippen LogP contribution is -2.29. The van der Waals surface area contributed by atoms with Crippen LogP contribution in [0.3, 0.4) is 0 Å². The summed E-state index contributed by atoms with van der Waals surface area (Å²) >= 11 is 0. The number of hydrogen-bond donors (Lipinski definition) is 1. The van der Waals surface area contributed by atoms with Gasteiger partial charge in [0.25, 0.3) is 5.56 Å². The van der Waals surface area contributed by atoms with Gasteiger partial charge in [0.2, 0.25) is 5.91 Å². The fourth-order valence-corrected chi connectivity index (χ4v) is 3.04. The fourth-order valence-electron chi connectivity index (χ4n) is 3.04. The van der Waals surface area contributed by atoms with Crippen LogP contribution < -0.4 is 20.3 Å². The van der Waals surface area contributed by atoms with Crippen molar-refractivity contribution in [2.75, 3.05) is 18.5 Å². The standard InChI is InChI=1S/C23H25N3O4/c1-4-29-17-10-12-21(30-5-2)20(14-17)24-22(27)15-26-23(28)13-11-19(25-26)18-9-7-6-8-16(18)3/h6-14H,4-5,15H2,1-3H3,(H,24,27). The van der Waals surface area contributed by atoms with Crippen LogP contribution in [0.5, 0.6) is 11.5 Å². The Labute approximate surface area is 175 Å². The van der Waals surface area contributed by atoms with E-state index in [0.717, 1.165) is 15.8 Å². The van der Waals surface area contributed by atoms with E-state index in [1.54, 1.807) is 24.3 Å². The summed E-state index contributed by atoms with van der Waals surface area (Å²) in [5.41, 5.74) is 2.71. The molecule has 1 N–H and O–H groups in total. The van der Waals surface area contributed by atoms with Gasteiger partial charge in [0.05, 0.1) is 24.6 Å². The minimum atomic E-state index is -0.388. The second-order valence-corrected chi connectivity index (χ2v) is 6.60. The van der Waals surface area contributed by atoms with Crippen molar-refractivity contribution in [3.8, 4) is 22.8 Å². The first-order valence-corrected chi connectivity index (χ1v) is 9.85. The number of ether oxygens (including phenoxy) is 2. The predicted octanol–water partition coefficient (Wildman–Crippen LogP) is 3.65. The minimum Gasteiger partial charge on any atom is -0.494 e. The van der Waals surface area contributed by atoms with E-state index in [2.05, 4.69) is 10.4 Å². The monoisotopic (exact) mass is 407 g/mol. The van der Waals surface area contributed by atoms with Gasteiger partial charge in [0, 0.05) is 17.7 Å². The number of rotatable bonds is 8. The molecule has 0 spiro atoms. The number of amides is 1. The second-order valence-electron chi connectivity index (χ2n) is 6.60. The van der Waals surface area contributed by atoms with E-state index in [1.165, 1.54) is 6.07 Å². The SMILES string of the molecule is CCOc1ccc(OCC)c(NC(=O)Cn2nc(-c3ccccc3C)ccc2=O)c1. The molecule has 0 unspecified atom stereocenters. The highest BCUT2D eigenvalue weighted by atomic mass is 16.5. The Balaban J connectivity index is 1.83. The summed E-state index contributed by atoms with van der Waals surface area (Å²) in [5, 5.41) is 7.17. The van der Waals surface area contributed by atoms with Gasteiger partial charge >= 0.3 is 0 Å². The molecule has 1 heterocycles. The fraction of sp³-hybridized carbons (Fsp3) is 0.261. The largest absolute Gasteiger partial charge is 0.494 e. The first-order chi connectivity index (χ1) is 14.5. The number of anilines is 1. The van der Waals surface area contributed by atoms with E-state index in [1.807, 2.05) is 45.0 Å². The van der Waals surface area contributed by atoms with Crippen molar-refractivity contribution in [1.82, 2.24) is 9.78 Å². The molecule has 3 rings (SSSR count). The average Bonchev–Trinajstić information content (AvgIpc) is 2.72. The van der Waals surface area contributed by atoms with Crippen molar-refractivity contribution in [3.05, 3.63) is 70.5 Å². The summed E-state index contributed by atoms with van der Waals surface area (Å²) < 4.78 is 12.2. The maximum Gasteiger partial charge on any atom is 0.267 e. The number of nitrogens with one attached hydrogen (secondary N) is 1. The number of carbonyl (C=O) groups excluding carboxylic acids is 1. The molecule has 2 aromatic carbocycles. The van der Waals surface area contributed by atoms with Crippen LogP contribution in [0.25, 0.3) is 11.3 Å². The summed E-state index contributed by atoms with van der Waals surface area (Å²) in [5.74, 6) is 0.762. The molecule has 1 amide bonds. The van der Waals surface area contributed by atoms with Crippen molar-refractivity contribution >= 4 is 11.6 Å². The highest BCUT2D eigenvalue weighted by Gasteiger charge is 2.13. The van der Waals surface area contributed by atoms with E-state index in [0.29, 0.717) is 36.1 Å². The third-order valence-electron chi connectivity index (χ3n) is 4.42. The van der Waals surface area contributed by atoms with E-state index >= 15 is 0 Å². The van der Waals surface area contributed by atoms with Crippen LogP contribution in [0.4, 0.5) is 5.69 Å². The highest BCUT2D eigenvalue weighted by Crippen LogP contribution is 2.29. The van der Waals surface area contributed by atoms with E-state index in [-0.39, 0.29) is 18.0 Å². The van der Waals surface area contributed by atoms with Gasteiger partial charge in [-0.3, -0.25) is 9.59 Å². The molecule has 0 saturated heterocycles. The van der Waals surface area contributed by atoms with Gasteiger partial charge in [-0.1, -0.05) is 24.3 Å². The quantitative estimate of drug-likeness (QED) is 0.616. The van der Waals surface area contributed by atoms with Crippen LogP contribution >= 0.6 is 0 Å². The van der Waals surface area contributed by atoms with Gasteiger partial charge in [0.1, 0.15) is 18.0 Å². The molecule has 1 aromatic heterocycles. The Kier molecular flexibility index (Phi) is 6.85. The van der Waals surface area contributed by atoms with Crippen molar-refractivity contribution < 1.29 is 14.3 Å². The van der Waals surface area contributed by atoms with Gasteiger partial charge in [-0.25, -0.2) is 4.68 Å². The number of aromatic nitrogens is 2. The van der Waals surface area contributed by atoms with Crippen LogP contribution in [0.2, 0.25) is 0 Å². The lowest BCUT2D eigenvalue weighted by Gasteiger charge is -2.14. The molecule has 0 atom stereocenters. The Morgan fingerprint density at radius 3 is 2.53 bits per heavy atom. The second kappa shape index (κ2) is 9.73. The van der Waals surface area contributed by atoms with Gasteiger partial charge in [-0.05, 0) is 44.5 Å². The number of hydrogen-bond acceptors (Lipinski definition) is 5. The molecule has 0 aliphatic rings. The van der Waals surface area contributed by atoms with Crippen molar-refractivity contribution in [3.63, 3.8) is 0 Å². The third-order valence-corrected chi connectivity index (χ3v) is 4.42. The molecular formula is C23H25N3O4. The van der Waals surface area contributed by atoms with Crippen LogP contribution in [-0.4, -0.2) is 28.9 Å². The first-order valence-electron chi connectivity index (χ1n) is 9.85. The molecule has 0 saturated carbocycles. The first kappa shape index (κ1) is 21.1. The molecule has 0 aliphatic heterocycles. The zero-order valence-corrected chi connectivity index (χ0v) is 17.3. The maximum atomic E-state index is 12.7. The average molecular weight is 407 g/mol. The van der Waals surface area contributed by atoms with Crippen LogP contribution in [0.15, 0.2) is 59.4 Å². The molecule has 0 radical (unpaired) electrons. The minimum absolute atomic E-state index is 0.219. The highest BCUT2D eigenvalue weighted by molar-refractivity contribution is 5.92. The van der Waals surface area contributed by atoms with Crippen molar-refractivity contribution in [2.45, 2.75) is 27.3 Å². The molecule has 7 heteroatoms. The summed E-state index contributed by atoms with van der Waals surface area (Å²) in [6.45, 7) is 6.46. The van der Waals surface area contributed by atoms with Crippen LogP contribution in [0, 0.1) is 6.92 Å². The zero-order valence-electron chi connectivity index (χ0n) is 17.3. The van der Waals surface area contributed by atoms with Gasteiger partial charge < -0.3 is 14.8 Å². The number of nitrogens with zero attached hydrogens (tertiary/aromatic N) is 2. The van der Waals surface area contributed by atoms with Crippen molar-refractivity contribution in [2.24, 2.45) is 0 Å². The van der Waals surface area contributed by atoms with Gasteiger partial charge in [-0.2, -0.15) is 5.10 Å². The van der Waals surface area contributed by atoms with Gasteiger partial charge in [-0.15, -0.1) is 0 Å². The Morgan fingerprint density at radius 1 is 1.03 bits per heavy atom. The van der Waals surface area contributed by atoms with E-state index < -0.39 is 0 Å². The normalized spacial score (nSPS) is 10.5. The summed E-state index contributed by atoms with van der Waals surface area (Å²) in [4.78, 5) is 24.9. The Bertz CT molecular complexity index is 1090. The molecule has 156 valence electrons. The maximum absolute atomic E-state index is 12.7. The topological polar surface area (TPSA) is 82.4 Å². The molecule has 0 aliphatic carbocycles. The van der Waals surface area contributed by atoms with Crippen LogP contribution in [-0.2, 0) is 11.3 Å². The smallest absolute Gasteiger partial charge is 0.267 e. The van der Waals surface area contributed by atoms with Gasteiger partial charge in [0.15, 0.2) is 0 Å². The molecule has 30 heavy (non-hydrogen) atoms. The zero-order chi connectivity index (χ0) is 21.5. The number of aryl methyl sites for hydroxylation is 1. The van der Waals surface area contributed by atoms with E-state index in [9.17, 15) is 9.59 Å². The summed E-state index contributed by atoms with van der Waals surface area (Å²) in [7, 11) is 0. The lowest BCUT2D eigenvalue weighted by molar-refractivity contribution is -0.117. The number of carbonyl (C=O) groups is 1. The molecule has 3 aromatic rings.